The van der Waals surface area contributed by atoms with Gasteiger partial charge in [0, 0.05) is 12.5 Å². The van der Waals surface area contributed by atoms with E-state index in [-0.39, 0.29) is 0 Å². The van der Waals surface area contributed by atoms with E-state index in [1.165, 1.54) is 12.8 Å². The summed E-state index contributed by atoms with van der Waals surface area (Å²) in [6, 6.07) is 5.23. The van der Waals surface area contributed by atoms with E-state index in [1.54, 1.807) is 0 Å². The van der Waals surface area contributed by atoms with Crippen molar-refractivity contribution >= 4 is 0 Å². The summed E-state index contributed by atoms with van der Waals surface area (Å²) in [5.74, 6) is 3.06. The predicted molar refractivity (Wildman–Crippen MR) is 61.8 cm³/mol. The van der Waals surface area contributed by atoms with Gasteiger partial charge in [0.05, 0.1) is 6.04 Å². The first-order valence-electron chi connectivity index (χ1n) is 6.03. The first-order valence-corrected chi connectivity index (χ1v) is 6.03. The molecular formula is C13H21NO. The van der Waals surface area contributed by atoms with E-state index < -0.39 is 0 Å². The average molecular weight is 207 g/mol. The topological polar surface area (TPSA) is 25.2 Å². The fourth-order valence-corrected chi connectivity index (χ4v) is 2.29. The minimum atomic E-state index is 0.350. The van der Waals surface area contributed by atoms with Crippen LogP contribution in [0.2, 0.25) is 0 Å². The fraction of sp³-hybridized carbons (Fsp3) is 0.692. The molecule has 1 saturated carbocycles. The summed E-state index contributed by atoms with van der Waals surface area (Å²) >= 11 is 0. The Kier molecular flexibility index (Phi) is 3.15. The van der Waals surface area contributed by atoms with Gasteiger partial charge in [-0.15, -0.1) is 0 Å². The van der Waals surface area contributed by atoms with Crippen molar-refractivity contribution in [3.8, 4) is 0 Å². The Bertz CT molecular complexity index is 312. The molecule has 2 heteroatoms. The molecule has 1 atom stereocenters. The molecule has 2 rings (SSSR count). The van der Waals surface area contributed by atoms with Crippen LogP contribution in [0.4, 0.5) is 0 Å². The van der Waals surface area contributed by atoms with Crippen molar-refractivity contribution in [2.75, 3.05) is 0 Å². The van der Waals surface area contributed by atoms with Crippen LogP contribution in [-0.4, -0.2) is 6.04 Å². The number of aryl methyl sites for hydroxylation is 1. The Morgan fingerprint density at radius 3 is 2.73 bits per heavy atom. The summed E-state index contributed by atoms with van der Waals surface area (Å²) in [5, 5.41) is 3.61. The van der Waals surface area contributed by atoms with E-state index in [1.807, 2.05) is 0 Å². The normalized spacial score (nSPS) is 27.4. The van der Waals surface area contributed by atoms with Gasteiger partial charge in [0.1, 0.15) is 11.5 Å². The molecule has 1 aliphatic rings. The van der Waals surface area contributed by atoms with Crippen LogP contribution in [0.25, 0.3) is 0 Å². The Morgan fingerprint density at radius 2 is 2.20 bits per heavy atom. The SMILES string of the molecule is CCc1ccc(C(C)NC2CC(C)C2)o1. The second-order valence-electron chi connectivity index (χ2n) is 4.82. The Balaban J connectivity index is 1.87. The lowest BCUT2D eigenvalue weighted by Gasteiger charge is -2.35. The average Bonchev–Trinajstić information content (AvgIpc) is 2.63. The minimum Gasteiger partial charge on any atom is -0.464 e. The zero-order chi connectivity index (χ0) is 10.8. The number of rotatable bonds is 4. The van der Waals surface area contributed by atoms with Gasteiger partial charge in [-0.2, -0.15) is 0 Å². The molecule has 0 aromatic carbocycles. The molecular weight excluding hydrogens is 186 g/mol. The third-order valence-corrected chi connectivity index (χ3v) is 3.32. The highest BCUT2D eigenvalue weighted by Gasteiger charge is 2.27. The highest BCUT2D eigenvalue weighted by atomic mass is 16.3. The number of nitrogens with one attached hydrogen (secondary N) is 1. The van der Waals surface area contributed by atoms with Crippen LogP contribution in [0.1, 0.15) is 51.2 Å². The maximum atomic E-state index is 5.73. The van der Waals surface area contributed by atoms with Gasteiger partial charge in [0.25, 0.3) is 0 Å². The summed E-state index contributed by atoms with van der Waals surface area (Å²) in [6.07, 6.45) is 3.60. The molecule has 1 fully saturated rings. The molecule has 2 nitrogen and oxygen atoms in total. The minimum absolute atomic E-state index is 0.350. The van der Waals surface area contributed by atoms with Crippen LogP contribution in [0, 0.1) is 5.92 Å². The molecule has 1 N–H and O–H groups in total. The zero-order valence-electron chi connectivity index (χ0n) is 9.92. The predicted octanol–water partition coefficient (Wildman–Crippen LogP) is 3.29. The molecule has 1 heterocycles. The molecule has 1 aromatic heterocycles. The van der Waals surface area contributed by atoms with E-state index in [0.717, 1.165) is 23.9 Å². The molecule has 0 saturated heterocycles. The van der Waals surface area contributed by atoms with Crippen LogP contribution < -0.4 is 5.32 Å². The van der Waals surface area contributed by atoms with Gasteiger partial charge in [0.15, 0.2) is 0 Å². The largest absolute Gasteiger partial charge is 0.464 e. The lowest BCUT2D eigenvalue weighted by atomic mass is 9.81. The van der Waals surface area contributed by atoms with E-state index in [4.69, 9.17) is 4.42 Å². The summed E-state index contributed by atoms with van der Waals surface area (Å²) < 4.78 is 5.73. The monoisotopic (exact) mass is 207 g/mol. The highest BCUT2D eigenvalue weighted by Crippen LogP contribution is 2.29. The molecule has 84 valence electrons. The van der Waals surface area contributed by atoms with Crippen molar-refractivity contribution < 1.29 is 4.42 Å². The molecule has 1 unspecified atom stereocenters. The first-order chi connectivity index (χ1) is 7.19. The molecule has 0 radical (unpaired) electrons. The lowest BCUT2D eigenvalue weighted by Crippen LogP contribution is -2.41. The smallest absolute Gasteiger partial charge is 0.120 e. The van der Waals surface area contributed by atoms with Gasteiger partial charge < -0.3 is 9.73 Å². The third-order valence-electron chi connectivity index (χ3n) is 3.32. The molecule has 0 amide bonds. The second-order valence-corrected chi connectivity index (χ2v) is 4.82. The molecule has 1 aliphatic carbocycles. The van der Waals surface area contributed by atoms with Crippen LogP contribution in [-0.2, 0) is 6.42 Å². The van der Waals surface area contributed by atoms with Crippen molar-refractivity contribution in [2.45, 2.75) is 52.1 Å². The van der Waals surface area contributed by atoms with Crippen LogP contribution in [0.3, 0.4) is 0 Å². The summed E-state index contributed by atoms with van der Waals surface area (Å²) in [5.41, 5.74) is 0. The standard InChI is InChI=1S/C13H21NO/c1-4-12-5-6-13(15-12)10(3)14-11-7-9(2)8-11/h5-6,9-11,14H,4,7-8H2,1-3H3. The summed E-state index contributed by atoms with van der Waals surface area (Å²) in [4.78, 5) is 0. The summed E-state index contributed by atoms with van der Waals surface area (Å²) in [6.45, 7) is 6.61. The second kappa shape index (κ2) is 4.40. The quantitative estimate of drug-likeness (QED) is 0.819. The van der Waals surface area contributed by atoms with E-state index in [0.29, 0.717) is 12.1 Å². The van der Waals surface area contributed by atoms with Crippen molar-refractivity contribution in [2.24, 2.45) is 5.92 Å². The van der Waals surface area contributed by atoms with Gasteiger partial charge in [0.2, 0.25) is 0 Å². The molecule has 0 aliphatic heterocycles. The van der Waals surface area contributed by atoms with Gasteiger partial charge >= 0.3 is 0 Å². The maximum absolute atomic E-state index is 5.73. The lowest BCUT2D eigenvalue weighted by molar-refractivity contribution is 0.217. The Morgan fingerprint density at radius 1 is 1.47 bits per heavy atom. The Labute approximate surface area is 92.1 Å². The van der Waals surface area contributed by atoms with Crippen LogP contribution in [0.15, 0.2) is 16.5 Å². The molecule has 15 heavy (non-hydrogen) atoms. The molecule has 1 aromatic rings. The summed E-state index contributed by atoms with van der Waals surface area (Å²) in [7, 11) is 0. The van der Waals surface area contributed by atoms with E-state index in [2.05, 4.69) is 38.2 Å². The van der Waals surface area contributed by atoms with Crippen molar-refractivity contribution in [3.63, 3.8) is 0 Å². The van der Waals surface area contributed by atoms with E-state index in [9.17, 15) is 0 Å². The van der Waals surface area contributed by atoms with Crippen molar-refractivity contribution in [3.05, 3.63) is 23.7 Å². The van der Waals surface area contributed by atoms with E-state index >= 15 is 0 Å². The van der Waals surface area contributed by atoms with Gasteiger partial charge in [-0.1, -0.05) is 13.8 Å². The maximum Gasteiger partial charge on any atom is 0.120 e. The zero-order valence-corrected chi connectivity index (χ0v) is 9.92. The molecule has 0 spiro atoms. The van der Waals surface area contributed by atoms with Crippen LogP contribution in [0.5, 0.6) is 0 Å². The molecule has 0 bridgehead atoms. The number of furan rings is 1. The third kappa shape index (κ3) is 2.43. The number of hydrogen-bond acceptors (Lipinski definition) is 2. The van der Waals surface area contributed by atoms with Gasteiger partial charge in [-0.25, -0.2) is 0 Å². The highest BCUT2D eigenvalue weighted by molar-refractivity contribution is 5.10. The van der Waals surface area contributed by atoms with Gasteiger partial charge in [-0.05, 0) is 37.8 Å². The number of hydrogen-bond donors (Lipinski definition) is 1. The Hall–Kier alpha value is -0.760. The van der Waals surface area contributed by atoms with Crippen molar-refractivity contribution in [1.82, 2.24) is 5.32 Å². The first kappa shape index (κ1) is 10.7. The van der Waals surface area contributed by atoms with Crippen LogP contribution >= 0.6 is 0 Å². The van der Waals surface area contributed by atoms with Crippen molar-refractivity contribution in [1.29, 1.82) is 0 Å². The van der Waals surface area contributed by atoms with Gasteiger partial charge in [-0.3, -0.25) is 0 Å². The fourth-order valence-electron chi connectivity index (χ4n) is 2.29.